The van der Waals surface area contributed by atoms with Gasteiger partial charge in [0.05, 0.1) is 0 Å². The molecule has 6 N–H and O–H groups in total. The number of carbonyl (C=O) groups is 2. The van der Waals surface area contributed by atoms with Crippen LogP contribution in [0.3, 0.4) is 0 Å². The van der Waals surface area contributed by atoms with Crippen molar-refractivity contribution in [3.8, 4) is 17.0 Å². The second-order valence-corrected chi connectivity index (χ2v) is 11.0. The lowest BCUT2D eigenvalue weighted by Gasteiger charge is -2.39. The molecule has 2 saturated heterocycles. The van der Waals surface area contributed by atoms with Crippen LogP contribution >= 0.6 is 11.6 Å². The summed E-state index contributed by atoms with van der Waals surface area (Å²) in [6.45, 7) is 1.59. The molecule has 0 unspecified atom stereocenters. The molecule has 2 aliphatic heterocycles. The first-order chi connectivity index (χ1) is 19.8. The Labute approximate surface area is 243 Å². The van der Waals surface area contributed by atoms with Gasteiger partial charge in [-0.05, 0) is 60.1 Å². The summed E-state index contributed by atoms with van der Waals surface area (Å²) in [5.41, 5.74) is 11.3. The third kappa shape index (κ3) is 6.21. The quantitative estimate of drug-likeness (QED) is 0.310. The number of ether oxygens (including phenoxy) is 1. The molecule has 2 aliphatic rings. The van der Waals surface area contributed by atoms with E-state index in [9.17, 15) is 27.9 Å². The predicted molar refractivity (Wildman–Crippen MR) is 149 cm³/mol. The summed E-state index contributed by atoms with van der Waals surface area (Å²) in [4.78, 5) is 33.1. The number of hydrogen-bond acceptors (Lipinski definition) is 8. The molecule has 1 spiro atoms. The fourth-order valence-electron chi connectivity index (χ4n) is 5.61. The molecule has 1 aromatic heterocycles. The van der Waals surface area contributed by atoms with Crippen molar-refractivity contribution in [2.45, 2.75) is 37.6 Å². The van der Waals surface area contributed by atoms with E-state index in [-0.39, 0.29) is 39.0 Å². The number of aliphatic carboxylic acids is 1. The molecule has 2 aromatic carbocycles. The highest BCUT2D eigenvalue weighted by atomic mass is 35.5. The molecule has 0 aliphatic carbocycles. The van der Waals surface area contributed by atoms with E-state index in [2.05, 4.69) is 15.3 Å². The van der Waals surface area contributed by atoms with Crippen molar-refractivity contribution in [3.05, 3.63) is 64.7 Å². The topological polar surface area (TPSA) is 157 Å². The van der Waals surface area contributed by atoms with Crippen molar-refractivity contribution < 1.29 is 32.6 Å². The van der Waals surface area contributed by atoms with E-state index in [1.807, 2.05) is 4.90 Å². The molecule has 222 valence electrons. The summed E-state index contributed by atoms with van der Waals surface area (Å²) in [5.74, 6) is -1.95. The summed E-state index contributed by atoms with van der Waals surface area (Å²) in [6, 6.07) is 10.5. The third-order valence-electron chi connectivity index (χ3n) is 7.81. The molecular weight excluding hydrogens is 577 g/mol. The number of piperidine rings is 1. The van der Waals surface area contributed by atoms with Crippen LogP contribution in [-0.2, 0) is 4.79 Å². The Morgan fingerprint density at radius 2 is 1.88 bits per heavy atom. The number of hydrogen-bond donors (Lipinski definition) is 4. The van der Waals surface area contributed by atoms with Gasteiger partial charge in [0.25, 0.3) is 0 Å². The molecule has 1 amide bonds. The number of nitrogen functional groups attached to an aromatic ring is 1. The van der Waals surface area contributed by atoms with Crippen molar-refractivity contribution >= 4 is 35.2 Å². The number of nitrogens with two attached hydrogens (primary N) is 2. The SMILES string of the molecule is NC(=O)c1cccc(-c2cc(Cl)ccc2[C@@H](Oc2cc(N3CCC4(CC3)CN[C@H](C(=O)O)C4)nc(N)n2)C(F)(F)F)c1. The van der Waals surface area contributed by atoms with E-state index >= 15 is 0 Å². The number of carbonyl (C=O) groups excluding carboxylic acids is 1. The largest absolute Gasteiger partial charge is 0.480 e. The lowest BCUT2D eigenvalue weighted by Crippen LogP contribution is -2.41. The van der Waals surface area contributed by atoms with Crippen molar-refractivity contribution in [3.63, 3.8) is 0 Å². The van der Waals surface area contributed by atoms with E-state index in [1.54, 1.807) is 0 Å². The maximum Gasteiger partial charge on any atom is 0.429 e. The molecule has 3 aromatic rings. The summed E-state index contributed by atoms with van der Waals surface area (Å²) >= 11 is 6.15. The van der Waals surface area contributed by atoms with Gasteiger partial charge in [0, 0.05) is 41.9 Å². The van der Waals surface area contributed by atoms with Crippen LogP contribution in [-0.4, -0.2) is 58.8 Å². The zero-order valence-corrected chi connectivity index (χ0v) is 23.0. The molecule has 0 saturated carbocycles. The number of carboxylic acid groups (broad SMARTS) is 1. The minimum absolute atomic E-state index is 0.0985. The average Bonchev–Trinajstić information content (AvgIpc) is 3.35. The van der Waals surface area contributed by atoms with Gasteiger partial charge in [0.15, 0.2) is 0 Å². The Balaban J connectivity index is 1.43. The Kier molecular flexibility index (Phi) is 7.90. The van der Waals surface area contributed by atoms with Crippen molar-refractivity contribution in [2.75, 3.05) is 30.3 Å². The molecular formula is C28H28ClF3N6O4. The van der Waals surface area contributed by atoms with Gasteiger partial charge in [-0.1, -0.05) is 29.8 Å². The second kappa shape index (κ2) is 11.3. The van der Waals surface area contributed by atoms with Crippen LogP contribution in [0.15, 0.2) is 48.5 Å². The number of carboxylic acids is 1. The molecule has 42 heavy (non-hydrogen) atoms. The number of nitrogens with zero attached hydrogens (tertiary/aromatic N) is 3. The zero-order valence-electron chi connectivity index (χ0n) is 22.2. The van der Waals surface area contributed by atoms with E-state index in [1.165, 1.54) is 48.5 Å². The summed E-state index contributed by atoms with van der Waals surface area (Å²) in [6.07, 6.45) is -5.49. The molecule has 0 bridgehead atoms. The molecule has 10 nitrogen and oxygen atoms in total. The lowest BCUT2D eigenvalue weighted by molar-refractivity contribution is -0.198. The number of alkyl halides is 3. The van der Waals surface area contributed by atoms with Crippen molar-refractivity contribution in [1.82, 2.24) is 15.3 Å². The van der Waals surface area contributed by atoms with Gasteiger partial charge in [0.1, 0.15) is 11.9 Å². The minimum Gasteiger partial charge on any atom is -0.480 e. The number of rotatable bonds is 7. The molecule has 14 heteroatoms. The van der Waals surface area contributed by atoms with Crippen molar-refractivity contribution in [1.29, 1.82) is 0 Å². The van der Waals surface area contributed by atoms with Crippen LogP contribution in [0.2, 0.25) is 5.02 Å². The van der Waals surface area contributed by atoms with Crippen LogP contribution in [0.1, 0.15) is 41.3 Å². The van der Waals surface area contributed by atoms with Crippen LogP contribution in [0.25, 0.3) is 11.1 Å². The van der Waals surface area contributed by atoms with Crippen LogP contribution in [0, 0.1) is 5.41 Å². The van der Waals surface area contributed by atoms with E-state index in [0.29, 0.717) is 50.3 Å². The van der Waals surface area contributed by atoms with Gasteiger partial charge in [-0.25, -0.2) is 0 Å². The first-order valence-electron chi connectivity index (χ1n) is 13.1. The highest BCUT2D eigenvalue weighted by molar-refractivity contribution is 6.30. The van der Waals surface area contributed by atoms with Gasteiger partial charge in [-0.15, -0.1) is 0 Å². The van der Waals surface area contributed by atoms with Crippen molar-refractivity contribution in [2.24, 2.45) is 11.1 Å². The number of halogens is 4. The van der Waals surface area contributed by atoms with Gasteiger partial charge in [-0.3, -0.25) is 9.59 Å². The average molecular weight is 605 g/mol. The van der Waals surface area contributed by atoms with Gasteiger partial charge >= 0.3 is 12.1 Å². The number of benzene rings is 2. The smallest absolute Gasteiger partial charge is 0.429 e. The van der Waals surface area contributed by atoms with Crippen LogP contribution in [0.5, 0.6) is 5.88 Å². The zero-order chi connectivity index (χ0) is 30.2. The molecule has 5 rings (SSSR count). The Morgan fingerprint density at radius 3 is 2.52 bits per heavy atom. The van der Waals surface area contributed by atoms with Crippen LogP contribution < -0.4 is 26.4 Å². The maximum absolute atomic E-state index is 14.5. The highest BCUT2D eigenvalue weighted by Gasteiger charge is 2.46. The Bertz CT molecular complexity index is 1510. The normalized spacial score (nSPS) is 19.0. The van der Waals surface area contributed by atoms with E-state index < -0.39 is 30.2 Å². The van der Waals surface area contributed by atoms with E-state index in [0.717, 1.165) is 0 Å². The minimum atomic E-state index is -4.88. The monoisotopic (exact) mass is 604 g/mol. The number of aromatic nitrogens is 2. The number of amides is 1. The standard InChI is InChI=1S/C28H28ClF3N6O4/c29-17-4-5-18(19(11-17)15-2-1-3-16(10-15)24(33)39)23(28(30,31)32)42-22-12-21(36-26(34)37-22)38-8-6-27(7-9-38)13-20(25(40)41)35-14-27/h1-5,10-12,20,23,35H,6-9,13-14H2,(H2,33,39)(H,40,41)(H2,34,36,37)/t20-,23+/m0/s1. The maximum atomic E-state index is 14.5. The number of anilines is 2. The van der Waals surface area contributed by atoms with Crippen LogP contribution in [0.4, 0.5) is 24.9 Å². The summed E-state index contributed by atoms with van der Waals surface area (Å²) < 4.78 is 49.1. The Hall–Kier alpha value is -4.10. The fraction of sp³-hybridized carbons (Fsp3) is 0.357. The molecule has 2 fully saturated rings. The summed E-state index contributed by atoms with van der Waals surface area (Å²) in [5, 5.41) is 12.6. The Morgan fingerprint density at radius 1 is 1.14 bits per heavy atom. The second-order valence-electron chi connectivity index (χ2n) is 10.6. The third-order valence-corrected chi connectivity index (χ3v) is 8.04. The predicted octanol–water partition coefficient (Wildman–Crippen LogP) is 4.19. The number of nitrogens with one attached hydrogen (secondary N) is 1. The molecule has 3 heterocycles. The first kappa shape index (κ1) is 29.4. The fourth-order valence-corrected chi connectivity index (χ4v) is 5.78. The molecule has 0 radical (unpaired) electrons. The van der Waals surface area contributed by atoms with Gasteiger partial charge in [0.2, 0.25) is 23.8 Å². The van der Waals surface area contributed by atoms with Gasteiger partial charge in [-0.2, -0.15) is 23.1 Å². The van der Waals surface area contributed by atoms with Gasteiger partial charge < -0.3 is 31.5 Å². The molecule has 2 atom stereocenters. The highest BCUT2D eigenvalue weighted by Crippen LogP contribution is 2.43. The number of primary amides is 1. The lowest BCUT2D eigenvalue weighted by atomic mass is 9.76. The first-order valence-corrected chi connectivity index (χ1v) is 13.5. The summed E-state index contributed by atoms with van der Waals surface area (Å²) in [7, 11) is 0. The van der Waals surface area contributed by atoms with E-state index in [4.69, 9.17) is 27.8 Å².